The average Bonchev–Trinajstić information content (AvgIpc) is 3.32. The van der Waals surface area contributed by atoms with Crippen molar-refractivity contribution in [3.8, 4) is 0 Å². The molecular weight excluding hydrogens is 526 g/mol. The molecule has 1 aliphatic rings. The van der Waals surface area contributed by atoms with Crippen molar-refractivity contribution in [2.75, 3.05) is 13.2 Å². The fraction of sp³-hybridized carbons (Fsp3) is 0.594. The molecule has 0 saturated heterocycles. The number of thiazole rings is 1. The van der Waals surface area contributed by atoms with E-state index in [1.165, 1.54) is 0 Å². The molecule has 2 heterocycles. The number of carbonyl (C=O) groups excluding carboxylic acids is 2. The number of Topliss-reactive ketones (excluding diaryl/α,β-unsaturated/α-hetero) is 1. The fourth-order valence-electron chi connectivity index (χ4n) is 5.16. The quantitative estimate of drug-likeness (QED) is 0.223. The van der Waals surface area contributed by atoms with Gasteiger partial charge in [0.1, 0.15) is 11.9 Å². The van der Waals surface area contributed by atoms with Gasteiger partial charge in [-0.15, -0.1) is 24.5 Å². The number of allylic oxidation sites excluding steroid dienone is 1. The maximum Gasteiger partial charge on any atom is 0.309 e. The molecule has 8 heteroatoms. The highest BCUT2D eigenvalue weighted by Crippen LogP contribution is 2.36. The Labute approximate surface area is 243 Å². The van der Waals surface area contributed by atoms with Gasteiger partial charge in [0.25, 0.3) is 0 Å². The third-order valence-electron chi connectivity index (χ3n) is 7.83. The maximum atomic E-state index is 13.6. The van der Waals surface area contributed by atoms with E-state index in [1.807, 2.05) is 32.2 Å². The Kier molecular flexibility index (Phi) is 13.7. The molecule has 0 fully saturated rings. The number of hydrogen-bond acceptors (Lipinski definition) is 8. The van der Waals surface area contributed by atoms with Crippen LogP contribution < -0.4 is 0 Å². The van der Waals surface area contributed by atoms with Gasteiger partial charge in [-0.2, -0.15) is 0 Å². The number of esters is 1. The SMILES string of the molecule is C=CCOC/C1=C/C[C@@H](/C(C)=C/c2csc(C)n2)OC(=O)C[C@H](O)[C@](C)(CC=C)C(=O)[C@@H](C)[C@H](O)[C@@H](C)CCC1. The van der Waals surface area contributed by atoms with Gasteiger partial charge in [-0.25, -0.2) is 4.98 Å². The van der Waals surface area contributed by atoms with Crippen LogP contribution in [0.15, 0.2) is 47.9 Å². The van der Waals surface area contributed by atoms with Crippen LogP contribution in [0.1, 0.15) is 76.9 Å². The van der Waals surface area contributed by atoms with Crippen molar-refractivity contribution >= 4 is 29.2 Å². The van der Waals surface area contributed by atoms with Crippen LogP contribution in [0.2, 0.25) is 0 Å². The lowest BCUT2D eigenvalue weighted by Crippen LogP contribution is -2.47. The minimum Gasteiger partial charge on any atom is -0.457 e. The highest BCUT2D eigenvalue weighted by atomic mass is 32.1. The Morgan fingerprint density at radius 3 is 2.62 bits per heavy atom. The van der Waals surface area contributed by atoms with Crippen LogP contribution in [0.5, 0.6) is 0 Å². The molecular formula is C32H47NO6S. The highest BCUT2D eigenvalue weighted by Gasteiger charge is 2.45. The van der Waals surface area contributed by atoms with E-state index in [1.54, 1.807) is 37.3 Å². The van der Waals surface area contributed by atoms with E-state index in [4.69, 9.17) is 9.47 Å². The van der Waals surface area contributed by atoms with Gasteiger partial charge in [-0.3, -0.25) is 9.59 Å². The number of carbonyl (C=O) groups is 2. The predicted octanol–water partition coefficient (Wildman–Crippen LogP) is 6.01. The van der Waals surface area contributed by atoms with Crippen molar-refractivity contribution in [3.63, 3.8) is 0 Å². The van der Waals surface area contributed by atoms with E-state index in [-0.39, 0.29) is 24.5 Å². The zero-order valence-corrected chi connectivity index (χ0v) is 25.5. The molecule has 1 aromatic rings. The highest BCUT2D eigenvalue weighted by molar-refractivity contribution is 7.09. The van der Waals surface area contributed by atoms with Crippen LogP contribution in [-0.2, 0) is 19.1 Å². The van der Waals surface area contributed by atoms with Gasteiger partial charge >= 0.3 is 5.97 Å². The molecule has 1 aromatic heterocycles. The van der Waals surface area contributed by atoms with Crippen molar-refractivity contribution in [1.82, 2.24) is 4.98 Å². The Hall–Kier alpha value is -2.39. The summed E-state index contributed by atoms with van der Waals surface area (Å²) >= 11 is 1.55. The summed E-state index contributed by atoms with van der Waals surface area (Å²) in [6, 6.07) is 0. The molecule has 0 bridgehead atoms. The minimum atomic E-state index is -1.30. The molecule has 1 aliphatic heterocycles. The van der Waals surface area contributed by atoms with Crippen LogP contribution >= 0.6 is 11.3 Å². The number of hydrogen-bond donors (Lipinski definition) is 2. The summed E-state index contributed by atoms with van der Waals surface area (Å²) in [5, 5.41) is 25.1. The third kappa shape index (κ3) is 9.61. The topological polar surface area (TPSA) is 106 Å². The Bertz CT molecular complexity index is 1080. The number of aliphatic hydroxyl groups excluding tert-OH is 2. The molecule has 0 radical (unpaired) electrons. The van der Waals surface area contributed by atoms with Gasteiger partial charge in [0, 0.05) is 17.7 Å². The molecule has 0 saturated carbocycles. The zero-order valence-electron chi connectivity index (χ0n) is 24.7. The van der Waals surface area contributed by atoms with Gasteiger partial charge in [0.05, 0.1) is 48.0 Å². The fourth-order valence-corrected chi connectivity index (χ4v) is 5.73. The number of nitrogens with zero attached hydrogens (tertiary/aromatic N) is 1. The molecule has 0 aliphatic carbocycles. The molecule has 40 heavy (non-hydrogen) atoms. The van der Waals surface area contributed by atoms with Crippen molar-refractivity contribution in [3.05, 3.63) is 58.6 Å². The number of cyclic esters (lactones) is 1. The van der Waals surface area contributed by atoms with E-state index in [0.29, 0.717) is 19.6 Å². The minimum absolute atomic E-state index is 0.128. The van der Waals surface area contributed by atoms with Gasteiger partial charge in [0.2, 0.25) is 0 Å². The molecule has 6 atom stereocenters. The summed E-state index contributed by atoms with van der Waals surface area (Å²) in [5.74, 6) is -1.74. The van der Waals surface area contributed by atoms with Crippen molar-refractivity contribution < 1.29 is 29.3 Å². The first-order valence-corrected chi connectivity index (χ1v) is 15.0. The first-order chi connectivity index (χ1) is 18.9. The predicted molar refractivity (Wildman–Crippen MR) is 161 cm³/mol. The number of rotatable bonds is 8. The second kappa shape index (κ2) is 16.2. The summed E-state index contributed by atoms with van der Waals surface area (Å²) in [5.41, 5.74) is 1.41. The average molecular weight is 574 g/mol. The molecule has 0 unspecified atom stereocenters. The zero-order chi connectivity index (χ0) is 29.9. The Balaban J connectivity index is 2.46. The molecule has 2 rings (SSSR count). The number of aliphatic hydroxyl groups is 2. The summed E-state index contributed by atoms with van der Waals surface area (Å²) in [7, 11) is 0. The largest absolute Gasteiger partial charge is 0.457 e. The normalized spacial score (nSPS) is 31.2. The molecule has 0 aromatic carbocycles. The van der Waals surface area contributed by atoms with E-state index in [9.17, 15) is 19.8 Å². The number of aryl methyl sites for hydroxylation is 1. The molecule has 0 spiro atoms. The van der Waals surface area contributed by atoms with E-state index in [2.05, 4.69) is 24.2 Å². The van der Waals surface area contributed by atoms with E-state index in [0.717, 1.165) is 41.1 Å². The van der Waals surface area contributed by atoms with Crippen LogP contribution in [0, 0.1) is 24.2 Å². The number of aromatic nitrogens is 1. The van der Waals surface area contributed by atoms with Crippen molar-refractivity contribution in [2.24, 2.45) is 17.3 Å². The lowest BCUT2D eigenvalue weighted by Gasteiger charge is -2.36. The Morgan fingerprint density at radius 2 is 2.00 bits per heavy atom. The second-order valence-electron chi connectivity index (χ2n) is 11.2. The second-order valence-corrected chi connectivity index (χ2v) is 12.3. The molecule has 222 valence electrons. The first-order valence-electron chi connectivity index (χ1n) is 14.1. The standard InChI is InChI=1S/C32H47NO6S/c1-8-15-32(7)28(34)18-29(35)39-27(22(4)17-26-20-40-24(6)33-26)14-13-25(19-38-16-9-2)12-10-11-21(3)30(36)23(5)31(32)37/h8-9,13,17,20-21,23,27-28,30,34,36H,1-2,10-12,14-16,18-19H2,3-7H3/b22-17+,25-13+/t21-,23-,27-,28-,30+,32-/m0/s1. The Morgan fingerprint density at radius 1 is 1.27 bits per heavy atom. The van der Waals surface area contributed by atoms with E-state index >= 15 is 0 Å². The molecule has 0 amide bonds. The van der Waals surface area contributed by atoms with Crippen LogP contribution in [-0.4, -0.2) is 58.5 Å². The van der Waals surface area contributed by atoms with Crippen LogP contribution in [0.3, 0.4) is 0 Å². The smallest absolute Gasteiger partial charge is 0.309 e. The van der Waals surface area contributed by atoms with Gasteiger partial charge < -0.3 is 19.7 Å². The maximum absolute atomic E-state index is 13.6. The van der Waals surface area contributed by atoms with E-state index < -0.39 is 35.6 Å². The molecule has 2 N–H and O–H groups in total. The lowest BCUT2D eigenvalue weighted by atomic mass is 9.69. The summed E-state index contributed by atoms with van der Waals surface area (Å²) in [6.07, 6.45) is 7.00. The van der Waals surface area contributed by atoms with Crippen molar-refractivity contribution in [1.29, 1.82) is 0 Å². The molecule has 7 nitrogen and oxygen atoms in total. The summed E-state index contributed by atoms with van der Waals surface area (Å²) in [4.78, 5) is 31.3. The summed E-state index contributed by atoms with van der Waals surface area (Å²) in [6.45, 7) is 17.4. The monoisotopic (exact) mass is 573 g/mol. The lowest BCUT2D eigenvalue weighted by molar-refractivity contribution is -0.154. The van der Waals surface area contributed by atoms with Crippen molar-refractivity contribution in [2.45, 2.75) is 91.5 Å². The van der Waals surface area contributed by atoms with Gasteiger partial charge in [-0.1, -0.05) is 32.1 Å². The van der Waals surface area contributed by atoms with Crippen LogP contribution in [0.25, 0.3) is 6.08 Å². The van der Waals surface area contributed by atoms with Gasteiger partial charge in [-0.05, 0) is 69.6 Å². The first kappa shape index (κ1) is 33.8. The third-order valence-corrected chi connectivity index (χ3v) is 8.62. The number of ether oxygens (including phenoxy) is 2. The van der Waals surface area contributed by atoms with Crippen LogP contribution in [0.4, 0.5) is 0 Å². The van der Waals surface area contributed by atoms with Gasteiger partial charge in [0.15, 0.2) is 0 Å². The number of ketones is 1. The summed E-state index contributed by atoms with van der Waals surface area (Å²) < 4.78 is 11.7.